The minimum absolute atomic E-state index is 0.239. The highest BCUT2D eigenvalue weighted by molar-refractivity contribution is 5.56. The van der Waals surface area contributed by atoms with E-state index < -0.39 is 0 Å². The second-order valence-corrected chi connectivity index (χ2v) is 6.39. The molecule has 3 saturated heterocycles. The zero-order chi connectivity index (χ0) is 16.4. The van der Waals surface area contributed by atoms with Gasteiger partial charge in [-0.15, -0.1) is 10.2 Å². The Morgan fingerprint density at radius 3 is 2.54 bits per heavy atom. The fraction of sp³-hybridized carbons (Fsp3) is 0.368. The molecule has 0 saturated carbocycles. The summed E-state index contributed by atoms with van der Waals surface area (Å²) in [5.74, 6) is 7.25. The summed E-state index contributed by atoms with van der Waals surface area (Å²) < 4.78 is 6.04. The second-order valence-electron chi connectivity index (χ2n) is 6.39. The first-order valence-electron chi connectivity index (χ1n) is 8.37. The molecule has 5 nitrogen and oxygen atoms in total. The molecule has 5 heteroatoms. The van der Waals surface area contributed by atoms with Gasteiger partial charge < -0.3 is 10.5 Å². The molecule has 5 rings (SSSR count). The number of hydrogen-bond donors (Lipinski definition) is 1. The van der Waals surface area contributed by atoms with Crippen LogP contribution >= 0.6 is 0 Å². The van der Waals surface area contributed by atoms with Gasteiger partial charge in [-0.3, -0.25) is 4.90 Å². The van der Waals surface area contributed by atoms with E-state index in [9.17, 15) is 0 Å². The van der Waals surface area contributed by atoms with Crippen LogP contribution in [0.5, 0.6) is 5.88 Å². The van der Waals surface area contributed by atoms with Crippen LogP contribution < -0.4 is 10.5 Å². The minimum atomic E-state index is 0.239. The lowest BCUT2D eigenvalue weighted by Gasteiger charge is -2.44. The number of fused-ring (bicyclic) bond motifs is 3. The Morgan fingerprint density at radius 2 is 1.88 bits per heavy atom. The normalized spacial score (nSPS) is 24.9. The van der Waals surface area contributed by atoms with Crippen LogP contribution in [-0.2, 0) is 0 Å². The fourth-order valence-electron chi connectivity index (χ4n) is 3.39. The van der Waals surface area contributed by atoms with E-state index in [0.717, 1.165) is 12.1 Å². The number of nitrogen functional groups attached to an aromatic ring is 1. The van der Waals surface area contributed by atoms with Crippen molar-refractivity contribution in [3.63, 3.8) is 0 Å². The van der Waals surface area contributed by atoms with E-state index in [1.54, 1.807) is 0 Å². The number of para-hydroxylation sites is 1. The summed E-state index contributed by atoms with van der Waals surface area (Å²) in [4.78, 5) is 2.46. The lowest BCUT2D eigenvalue weighted by Crippen LogP contribution is -2.52. The molecular weight excluding hydrogens is 300 g/mol. The number of hydrogen-bond acceptors (Lipinski definition) is 5. The number of anilines is 1. The molecule has 3 fully saturated rings. The van der Waals surface area contributed by atoms with Crippen LogP contribution in [0.1, 0.15) is 24.1 Å². The van der Waals surface area contributed by atoms with Gasteiger partial charge in [0.25, 0.3) is 0 Å². The third-order valence-corrected chi connectivity index (χ3v) is 4.79. The molecule has 1 unspecified atom stereocenters. The molecule has 3 aliphatic heterocycles. The molecule has 122 valence electrons. The first-order chi connectivity index (χ1) is 11.8. The number of piperidine rings is 3. The average Bonchev–Trinajstić information content (AvgIpc) is 2.63. The lowest BCUT2D eigenvalue weighted by molar-refractivity contribution is -0.0104. The predicted molar refractivity (Wildman–Crippen MR) is 92.4 cm³/mol. The third kappa shape index (κ3) is 3.19. The summed E-state index contributed by atoms with van der Waals surface area (Å²) in [7, 11) is 0. The first-order valence-corrected chi connectivity index (χ1v) is 8.37. The van der Waals surface area contributed by atoms with Crippen LogP contribution in [-0.4, -0.2) is 40.8 Å². The van der Waals surface area contributed by atoms with Crippen molar-refractivity contribution in [3.8, 4) is 17.7 Å². The topological polar surface area (TPSA) is 64.3 Å². The predicted octanol–water partition coefficient (Wildman–Crippen LogP) is 1.93. The van der Waals surface area contributed by atoms with Crippen LogP contribution in [0, 0.1) is 17.8 Å². The number of rotatable bonds is 2. The van der Waals surface area contributed by atoms with Gasteiger partial charge in [0.1, 0.15) is 11.8 Å². The molecule has 0 spiro atoms. The van der Waals surface area contributed by atoms with E-state index >= 15 is 0 Å². The number of benzene rings is 1. The van der Waals surface area contributed by atoms with Gasteiger partial charge in [-0.1, -0.05) is 18.1 Å². The second kappa shape index (κ2) is 6.50. The van der Waals surface area contributed by atoms with Gasteiger partial charge in [0.2, 0.25) is 5.88 Å². The minimum Gasteiger partial charge on any atom is -0.472 e. The molecule has 0 aliphatic carbocycles. The van der Waals surface area contributed by atoms with Crippen LogP contribution in [0.25, 0.3) is 0 Å². The maximum absolute atomic E-state index is 6.04. The monoisotopic (exact) mass is 320 g/mol. The standard InChI is InChI=1S/C19H20N4O/c20-17-4-2-1-3-14(17)5-6-16-7-8-19(22-21-16)24-18-13-23-11-9-15(18)10-12-23/h1-4,7-8,15,18H,9-13,20H2. The van der Waals surface area contributed by atoms with Crippen LogP contribution in [0.4, 0.5) is 5.69 Å². The fourth-order valence-corrected chi connectivity index (χ4v) is 3.39. The van der Waals surface area contributed by atoms with Crippen molar-refractivity contribution in [2.75, 3.05) is 25.4 Å². The Balaban J connectivity index is 1.43. The SMILES string of the molecule is Nc1ccccc1C#Cc1ccc(OC2CN3CCC2CC3)nn1. The highest BCUT2D eigenvalue weighted by atomic mass is 16.5. The zero-order valence-electron chi connectivity index (χ0n) is 13.5. The molecule has 4 heterocycles. The molecule has 2 bridgehead atoms. The quantitative estimate of drug-likeness (QED) is 0.677. The van der Waals surface area contributed by atoms with Crippen molar-refractivity contribution in [2.45, 2.75) is 18.9 Å². The number of nitrogens with zero attached hydrogens (tertiary/aromatic N) is 3. The van der Waals surface area contributed by atoms with E-state index in [0.29, 0.717) is 23.2 Å². The molecule has 1 atom stereocenters. The molecule has 1 aromatic carbocycles. The molecule has 2 N–H and O–H groups in total. The summed E-state index contributed by atoms with van der Waals surface area (Å²) in [6, 6.07) is 11.2. The van der Waals surface area contributed by atoms with Gasteiger partial charge in [0, 0.05) is 23.9 Å². The average molecular weight is 320 g/mol. The number of ether oxygens (including phenoxy) is 1. The van der Waals surface area contributed by atoms with Crippen LogP contribution in [0.15, 0.2) is 36.4 Å². The Morgan fingerprint density at radius 1 is 1.04 bits per heavy atom. The Hall–Kier alpha value is -2.58. The van der Waals surface area contributed by atoms with Gasteiger partial charge in [0.05, 0.1) is 0 Å². The highest BCUT2D eigenvalue weighted by Gasteiger charge is 2.35. The Labute approximate surface area is 141 Å². The van der Waals surface area contributed by atoms with Crippen molar-refractivity contribution in [1.29, 1.82) is 0 Å². The maximum atomic E-state index is 6.04. The van der Waals surface area contributed by atoms with Gasteiger partial charge >= 0.3 is 0 Å². The van der Waals surface area contributed by atoms with Gasteiger partial charge in [0.15, 0.2) is 0 Å². The summed E-state index contributed by atoms with van der Waals surface area (Å²) in [6.45, 7) is 3.40. The molecule has 0 amide bonds. The van der Waals surface area contributed by atoms with Crippen LogP contribution in [0.2, 0.25) is 0 Å². The molecule has 0 radical (unpaired) electrons. The van der Waals surface area contributed by atoms with E-state index in [1.165, 1.54) is 25.9 Å². The van der Waals surface area contributed by atoms with Crippen molar-refractivity contribution in [3.05, 3.63) is 47.7 Å². The Bertz CT molecular complexity index is 770. The smallest absolute Gasteiger partial charge is 0.233 e. The van der Waals surface area contributed by atoms with Gasteiger partial charge in [-0.25, -0.2) is 0 Å². The maximum Gasteiger partial charge on any atom is 0.233 e. The van der Waals surface area contributed by atoms with Crippen molar-refractivity contribution in [1.82, 2.24) is 15.1 Å². The van der Waals surface area contributed by atoms with Crippen molar-refractivity contribution >= 4 is 5.69 Å². The van der Waals surface area contributed by atoms with Gasteiger partial charge in [-0.05, 0) is 56.0 Å². The Kier molecular flexibility index (Phi) is 4.06. The van der Waals surface area contributed by atoms with E-state index in [-0.39, 0.29) is 6.10 Å². The van der Waals surface area contributed by atoms with E-state index in [2.05, 4.69) is 26.9 Å². The van der Waals surface area contributed by atoms with E-state index in [1.807, 2.05) is 36.4 Å². The molecular formula is C19H20N4O. The summed E-state index contributed by atoms with van der Waals surface area (Å²) in [5, 5.41) is 8.31. The van der Waals surface area contributed by atoms with Gasteiger partial charge in [-0.2, -0.15) is 0 Å². The zero-order valence-corrected chi connectivity index (χ0v) is 13.5. The third-order valence-electron chi connectivity index (χ3n) is 4.79. The van der Waals surface area contributed by atoms with Crippen molar-refractivity contribution in [2.24, 2.45) is 5.92 Å². The summed E-state index contributed by atoms with van der Waals surface area (Å²) in [5.41, 5.74) is 7.96. The summed E-state index contributed by atoms with van der Waals surface area (Å²) in [6.07, 6.45) is 2.68. The molecule has 24 heavy (non-hydrogen) atoms. The number of nitrogens with two attached hydrogens (primary N) is 1. The largest absolute Gasteiger partial charge is 0.472 e. The molecule has 2 aromatic rings. The van der Waals surface area contributed by atoms with Crippen molar-refractivity contribution < 1.29 is 4.74 Å². The molecule has 3 aliphatic rings. The summed E-state index contributed by atoms with van der Waals surface area (Å²) >= 11 is 0. The molecule has 1 aromatic heterocycles. The highest BCUT2D eigenvalue weighted by Crippen LogP contribution is 2.29. The van der Waals surface area contributed by atoms with Crippen LogP contribution in [0.3, 0.4) is 0 Å². The number of aromatic nitrogens is 2. The lowest BCUT2D eigenvalue weighted by atomic mass is 9.86. The van der Waals surface area contributed by atoms with E-state index in [4.69, 9.17) is 10.5 Å². The first kappa shape index (κ1) is 15.0.